The van der Waals surface area contributed by atoms with Gasteiger partial charge < -0.3 is 10.8 Å². The van der Waals surface area contributed by atoms with Crippen molar-refractivity contribution in [1.29, 1.82) is 0 Å². The van der Waals surface area contributed by atoms with Crippen molar-refractivity contribution in [3.63, 3.8) is 0 Å². The molecule has 0 saturated carbocycles. The molecular formula is C13H15N3O. The normalized spacial score (nSPS) is 10.5. The quantitative estimate of drug-likeness (QED) is 0.841. The van der Waals surface area contributed by atoms with Crippen molar-refractivity contribution >= 4 is 5.95 Å². The summed E-state index contributed by atoms with van der Waals surface area (Å²) in [5.74, 6) is 0.270. The maximum atomic E-state index is 9.30. The van der Waals surface area contributed by atoms with E-state index in [2.05, 4.69) is 9.97 Å². The summed E-state index contributed by atoms with van der Waals surface area (Å²) in [6, 6.07) is 9.51. The second-order valence-corrected chi connectivity index (χ2v) is 3.77. The molecule has 0 aliphatic carbocycles. The molecule has 2 aromatic rings. The minimum absolute atomic E-state index is 0.0124. The average molecular weight is 229 g/mol. The molecular weight excluding hydrogens is 214 g/mol. The third-order valence-electron chi connectivity index (χ3n) is 2.62. The molecule has 0 unspecified atom stereocenters. The Morgan fingerprint density at radius 3 is 2.71 bits per heavy atom. The van der Waals surface area contributed by atoms with Crippen LogP contribution in [-0.4, -0.2) is 15.1 Å². The molecule has 88 valence electrons. The molecule has 0 atom stereocenters. The first-order valence-electron chi connectivity index (χ1n) is 5.57. The molecule has 0 fully saturated rings. The maximum absolute atomic E-state index is 9.30. The van der Waals surface area contributed by atoms with Gasteiger partial charge in [-0.2, -0.15) is 0 Å². The fourth-order valence-corrected chi connectivity index (χ4v) is 1.75. The first-order chi connectivity index (χ1) is 8.24. The van der Waals surface area contributed by atoms with Crippen LogP contribution < -0.4 is 5.73 Å². The zero-order chi connectivity index (χ0) is 12.3. The van der Waals surface area contributed by atoms with Crippen LogP contribution in [0.4, 0.5) is 5.95 Å². The Balaban J connectivity index is 2.55. The average Bonchev–Trinajstić information content (AvgIpc) is 2.37. The van der Waals surface area contributed by atoms with Crippen LogP contribution in [0.5, 0.6) is 0 Å². The lowest BCUT2D eigenvalue weighted by molar-refractivity contribution is 0.282. The minimum Gasteiger partial charge on any atom is -0.392 e. The number of nitrogens with two attached hydrogens (primary N) is 1. The van der Waals surface area contributed by atoms with Crippen molar-refractivity contribution in [2.75, 3.05) is 5.73 Å². The lowest BCUT2D eigenvalue weighted by atomic mass is 10.0. The van der Waals surface area contributed by atoms with E-state index in [4.69, 9.17) is 5.73 Å². The van der Waals surface area contributed by atoms with Crippen molar-refractivity contribution in [3.05, 3.63) is 41.6 Å². The van der Waals surface area contributed by atoms with E-state index >= 15 is 0 Å². The summed E-state index contributed by atoms with van der Waals surface area (Å²) < 4.78 is 0. The molecule has 1 aromatic carbocycles. The van der Waals surface area contributed by atoms with E-state index < -0.39 is 0 Å². The van der Waals surface area contributed by atoms with E-state index in [1.54, 1.807) is 0 Å². The topological polar surface area (TPSA) is 72.0 Å². The molecule has 0 spiro atoms. The number of anilines is 1. The zero-order valence-corrected chi connectivity index (χ0v) is 9.72. The zero-order valence-electron chi connectivity index (χ0n) is 9.72. The molecule has 0 bridgehead atoms. The summed E-state index contributed by atoms with van der Waals surface area (Å²) in [5.41, 5.74) is 9.09. The number of benzene rings is 1. The standard InChI is InChI=1S/C13H15N3O/c1-2-10-7-12(16-13(14)15-10)11-6-4-3-5-9(11)8-17/h3-7,17H,2,8H2,1H3,(H2,14,15,16). The van der Waals surface area contributed by atoms with Crippen LogP contribution in [0.3, 0.4) is 0 Å². The summed E-state index contributed by atoms with van der Waals surface area (Å²) in [5, 5.41) is 9.30. The Morgan fingerprint density at radius 1 is 1.24 bits per heavy atom. The Kier molecular flexibility index (Phi) is 3.35. The fraction of sp³-hybridized carbons (Fsp3) is 0.231. The van der Waals surface area contributed by atoms with Crippen LogP contribution in [0.2, 0.25) is 0 Å². The Labute approximate surface area is 100 Å². The summed E-state index contributed by atoms with van der Waals surface area (Å²) in [7, 11) is 0. The second kappa shape index (κ2) is 4.93. The number of aromatic nitrogens is 2. The molecule has 4 nitrogen and oxygen atoms in total. The number of hydrogen-bond acceptors (Lipinski definition) is 4. The summed E-state index contributed by atoms with van der Waals surface area (Å²) in [4.78, 5) is 8.35. The lowest BCUT2D eigenvalue weighted by Crippen LogP contribution is -2.01. The van der Waals surface area contributed by atoms with Crippen LogP contribution >= 0.6 is 0 Å². The van der Waals surface area contributed by atoms with E-state index in [1.165, 1.54) is 0 Å². The van der Waals surface area contributed by atoms with Gasteiger partial charge in [0.1, 0.15) is 0 Å². The molecule has 0 aliphatic heterocycles. The Bertz CT molecular complexity index is 526. The fourth-order valence-electron chi connectivity index (χ4n) is 1.75. The van der Waals surface area contributed by atoms with Gasteiger partial charge in [0, 0.05) is 11.3 Å². The van der Waals surface area contributed by atoms with Crippen molar-refractivity contribution < 1.29 is 5.11 Å². The van der Waals surface area contributed by atoms with E-state index in [1.807, 2.05) is 37.3 Å². The van der Waals surface area contributed by atoms with Gasteiger partial charge in [-0.05, 0) is 18.1 Å². The predicted octanol–water partition coefficient (Wildman–Crippen LogP) is 1.78. The number of aliphatic hydroxyl groups excluding tert-OH is 1. The number of aryl methyl sites for hydroxylation is 1. The van der Waals surface area contributed by atoms with Gasteiger partial charge in [-0.25, -0.2) is 9.97 Å². The molecule has 17 heavy (non-hydrogen) atoms. The second-order valence-electron chi connectivity index (χ2n) is 3.77. The van der Waals surface area contributed by atoms with E-state index in [0.29, 0.717) is 0 Å². The smallest absolute Gasteiger partial charge is 0.220 e. The lowest BCUT2D eigenvalue weighted by Gasteiger charge is -2.08. The first-order valence-corrected chi connectivity index (χ1v) is 5.57. The molecule has 1 aromatic heterocycles. The molecule has 0 saturated heterocycles. The third kappa shape index (κ3) is 2.42. The van der Waals surface area contributed by atoms with Gasteiger partial charge in [-0.1, -0.05) is 31.2 Å². The molecule has 0 aliphatic rings. The van der Waals surface area contributed by atoms with E-state index in [9.17, 15) is 5.11 Å². The van der Waals surface area contributed by atoms with Gasteiger partial charge in [-0.15, -0.1) is 0 Å². The van der Waals surface area contributed by atoms with Crippen LogP contribution in [0, 0.1) is 0 Å². The van der Waals surface area contributed by atoms with Crippen molar-refractivity contribution in [2.24, 2.45) is 0 Å². The van der Waals surface area contributed by atoms with Crippen molar-refractivity contribution in [3.8, 4) is 11.3 Å². The summed E-state index contributed by atoms with van der Waals surface area (Å²) in [6.07, 6.45) is 0.807. The highest BCUT2D eigenvalue weighted by Gasteiger charge is 2.07. The molecule has 4 heteroatoms. The minimum atomic E-state index is -0.0124. The van der Waals surface area contributed by atoms with Gasteiger partial charge in [0.25, 0.3) is 0 Å². The Hall–Kier alpha value is -1.94. The van der Waals surface area contributed by atoms with Gasteiger partial charge in [0.2, 0.25) is 5.95 Å². The molecule has 3 N–H and O–H groups in total. The number of nitrogens with zero attached hydrogens (tertiary/aromatic N) is 2. The third-order valence-corrected chi connectivity index (χ3v) is 2.62. The molecule has 1 heterocycles. The monoisotopic (exact) mass is 229 g/mol. The highest BCUT2D eigenvalue weighted by Crippen LogP contribution is 2.23. The molecule has 0 radical (unpaired) electrons. The van der Waals surface area contributed by atoms with E-state index in [-0.39, 0.29) is 12.6 Å². The number of aliphatic hydroxyl groups is 1. The van der Waals surface area contributed by atoms with Crippen molar-refractivity contribution in [1.82, 2.24) is 9.97 Å². The van der Waals surface area contributed by atoms with Gasteiger partial charge in [0.15, 0.2) is 0 Å². The largest absolute Gasteiger partial charge is 0.392 e. The van der Waals surface area contributed by atoms with Gasteiger partial charge in [0.05, 0.1) is 12.3 Å². The van der Waals surface area contributed by atoms with Gasteiger partial charge >= 0.3 is 0 Å². The number of rotatable bonds is 3. The van der Waals surface area contributed by atoms with Crippen molar-refractivity contribution in [2.45, 2.75) is 20.0 Å². The molecule has 0 amide bonds. The van der Waals surface area contributed by atoms with Crippen LogP contribution in [0.1, 0.15) is 18.2 Å². The van der Waals surface area contributed by atoms with E-state index in [0.717, 1.165) is 28.9 Å². The van der Waals surface area contributed by atoms with Gasteiger partial charge in [-0.3, -0.25) is 0 Å². The maximum Gasteiger partial charge on any atom is 0.220 e. The SMILES string of the molecule is CCc1cc(-c2ccccc2CO)nc(N)n1. The summed E-state index contributed by atoms with van der Waals surface area (Å²) in [6.45, 7) is 2.01. The van der Waals surface area contributed by atoms with Crippen LogP contribution in [0.25, 0.3) is 11.3 Å². The predicted molar refractivity (Wildman–Crippen MR) is 67.2 cm³/mol. The summed E-state index contributed by atoms with van der Waals surface area (Å²) >= 11 is 0. The van der Waals surface area contributed by atoms with Crippen LogP contribution in [0.15, 0.2) is 30.3 Å². The highest BCUT2D eigenvalue weighted by atomic mass is 16.3. The number of nitrogen functional groups attached to an aromatic ring is 1. The Morgan fingerprint density at radius 2 is 2.00 bits per heavy atom. The first kappa shape index (κ1) is 11.5. The highest BCUT2D eigenvalue weighted by molar-refractivity contribution is 5.64. The number of hydrogen-bond donors (Lipinski definition) is 2. The van der Waals surface area contributed by atoms with Crippen LogP contribution in [-0.2, 0) is 13.0 Å². The molecule has 2 rings (SSSR count).